The fraction of sp³-hybridized carbons (Fsp3) is 0.579. The summed E-state index contributed by atoms with van der Waals surface area (Å²) in [6, 6.07) is 0.177. The van der Waals surface area contributed by atoms with E-state index < -0.39 is 0 Å². The average Bonchev–Trinajstić information content (AvgIpc) is 3.33. The highest BCUT2D eigenvalue weighted by molar-refractivity contribution is 5.98. The Kier molecular flexibility index (Phi) is 5.74. The third kappa shape index (κ3) is 3.29. The van der Waals surface area contributed by atoms with Crippen molar-refractivity contribution in [3.8, 4) is 11.4 Å². The first-order chi connectivity index (χ1) is 13.2. The molecule has 4 heterocycles. The first-order valence-electron chi connectivity index (χ1n) is 9.77. The molecule has 0 atom stereocenters. The van der Waals surface area contributed by atoms with Crippen molar-refractivity contribution < 1.29 is 9.26 Å². The molecule has 5 rings (SSSR count). The Balaban J connectivity index is 0.000000495. The van der Waals surface area contributed by atoms with Crippen LogP contribution in [0, 0.1) is 6.92 Å². The van der Waals surface area contributed by atoms with Gasteiger partial charge in [-0.05, 0) is 19.8 Å². The summed E-state index contributed by atoms with van der Waals surface area (Å²) >= 11 is 0. The average molecular weight is 372 g/mol. The van der Waals surface area contributed by atoms with Crippen LogP contribution in [0.15, 0.2) is 10.9 Å². The van der Waals surface area contributed by atoms with E-state index >= 15 is 0 Å². The maximum Gasteiger partial charge on any atom is 0.164 e. The molecule has 3 aromatic heterocycles. The van der Waals surface area contributed by atoms with Gasteiger partial charge >= 0.3 is 0 Å². The second-order valence-corrected chi connectivity index (χ2v) is 6.24. The number of nitrogen functional groups attached to an aromatic ring is 1. The molecule has 1 saturated heterocycles. The Morgan fingerprint density at radius 1 is 1.07 bits per heavy atom. The van der Waals surface area contributed by atoms with E-state index in [9.17, 15) is 0 Å². The number of aromatic nitrogens is 5. The van der Waals surface area contributed by atoms with Crippen LogP contribution in [0.4, 0.5) is 5.82 Å². The third-order valence-corrected chi connectivity index (χ3v) is 4.62. The number of anilines is 1. The Hall–Kier alpha value is -2.48. The number of nitrogens with zero attached hydrogens (tertiary/aromatic N) is 5. The van der Waals surface area contributed by atoms with E-state index in [1.54, 1.807) is 0 Å². The van der Waals surface area contributed by atoms with Gasteiger partial charge in [-0.25, -0.2) is 14.6 Å². The Morgan fingerprint density at radius 3 is 2.37 bits per heavy atom. The fourth-order valence-electron chi connectivity index (χ4n) is 3.08. The minimum Gasteiger partial charge on any atom is -0.383 e. The quantitative estimate of drug-likeness (QED) is 0.744. The molecule has 1 saturated carbocycles. The SMILES string of the molecule is CC.CC.Cc1c(-c2nn(C3COC3)c3ncnc(N)c23)noc1C1CC1. The fourth-order valence-corrected chi connectivity index (χ4v) is 3.08. The lowest BCUT2D eigenvalue weighted by Gasteiger charge is -2.26. The highest BCUT2D eigenvalue weighted by Gasteiger charge is 2.33. The first-order valence-corrected chi connectivity index (χ1v) is 9.77. The molecule has 0 spiro atoms. The minimum absolute atomic E-state index is 0.177. The molecule has 0 radical (unpaired) electrons. The highest BCUT2D eigenvalue weighted by Crippen LogP contribution is 2.44. The van der Waals surface area contributed by atoms with Gasteiger partial charge in [0, 0.05) is 11.5 Å². The molecule has 0 unspecified atom stereocenters. The van der Waals surface area contributed by atoms with E-state index in [1.165, 1.54) is 6.33 Å². The molecule has 1 aliphatic heterocycles. The van der Waals surface area contributed by atoms with Crippen LogP contribution in [0.2, 0.25) is 0 Å². The summed E-state index contributed by atoms with van der Waals surface area (Å²) in [6.07, 6.45) is 3.79. The third-order valence-electron chi connectivity index (χ3n) is 4.62. The molecular weight excluding hydrogens is 344 g/mol. The van der Waals surface area contributed by atoms with Crippen LogP contribution in [0.25, 0.3) is 22.4 Å². The van der Waals surface area contributed by atoms with Gasteiger partial charge in [0.1, 0.15) is 35.3 Å². The van der Waals surface area contributed by atoms with Gasteiger partial charge in [0.2, 0.25) is 0 Å². The lowest BCUT2D eigenvalue weighted by molar-refractivity contribution is -0.0268. The molecule has 2 N–H and O–H groups in total. The van der Waals surface area contributed by atoms with Crippen molar-refractivity contribution in [3.05, 3.63) is 17.7 Å². The van der Waals surface area contributed by atoms with Crippen LogP contribution in [-0.4, -0.2) is 38.1 Å². The van der Waals surface area contributed by atoms with Gasteiger partial charge < -0.3 is 15.0 Å². The van der Waals surface area contributed by atoms with Gasteiger partial charge in [-0.2, -0.15) is 5.10 Å². The summed E-state index contributed by atoms with van der Waals surface area (Å²) in [7, 11) is 0. The number of nitrogens with two attached hydrogens (primary N) is 1. The first kappa shape index (κ1) is 19.3. The van der Waals surface area contributed by atoms with Crippen LogP contribution >= 0.6 is 0 Å². The summed E-state index contributed by atoms with van der Waals surface area (Å²) in [6.45, 7) is 11.3. The van der Waals surface area contributed by atoms with E-state index in [0.717, 1.165) is 40.9 Å². The molecule has 0 amide bonds. The van der Waals surface area contributed by atoms with E-state index in [1.807, 2.05) is 39.3 Å². The van der Waals surface area contributed by atoms with Gasteiger partial charge in [0.05, 0.1) is 18.6 Å². The van der Waals surface area contributed by atoms with Crippen LogP contribution < -0.4 is 5.73 Å². The molecule has 146 valence electrons. The molecule has 2 aliphatic rings. The van der Waals surface area contributed by atoms with E-state index in [-0.39, 0.29) is 6.04 Å². The van der Waals surface area contributed by atoms with Crippen LogP contribution in [0.5, 0.6) is 0 Å². The van der Waals surface area contributed by atoms with Crippen molar-refractivity contribution in [3.63, 3.8) is 0 Å². The maximum atomic E-state index is 6.10. The largest absolute Gasteiger partial charge is 0.383 e. The molecule has 8 nitrogen and oxygen atoms in total. The van der Waals surface area contributed by atoms with Crippen molar-refractivity contribution in [2.45, 2.75) is 59.4 Å². The summed E-state index contributed by atoms with van der Waals surface area (Å²) < 4.78 is 12.7. The van der Waals surface area contributed by atoms with Crippen molar-refractivity contribution in [2.75, 3.05) is 18.9 Å². The zero-order valence-corrected chi connectivity index (χ0v) is 16.7. The molecular formula is C19H28N6O2. The van der Waals surface area contributed by atoms with E-state index in [4.69, 9.17) is 20.1 Å². The van der Waals surface area contributed by atoms with Crippen LogP contribution in [0.3, 0.4) is 0 Å². The van der Waals surface area contributed by atoms with E-state index in [2.05, 4.69) is 15.1 Å². The Morgan fingerprint density at radius 2 is 1.78 bits per heavy atom. The Bertz CT molecular complexity index is 908. The summed E-state index contributed by atoms with van der Waals surface area (Å²) in [4.78, 5) is 8.49. The predicted octanol–water partition coefficient (Wildman–Crippen LogP) is 3.87. The standard InChI is InChI=1S/C15H16N6O2.2C2H6/c1-7-11(20-23-13(7)8-2-3-8)12-10-14(16)17-6-18-15(10)21(19-12)9-4-22-5-9;2*1-2/h6,8-9H,2-5H2,1H3,(H2,16,17,18);2*1-2H3. The van der Waals surface area contributed by atoms with Gasteiger partial charge in [-0.3, -0.25) is 0 Å². The van der Waals surface area contributed by atoms with Gasteiger partial charge in [0.25, 0.3) is 0 Å². The lowest BCUT2D eigenvalue weighted by atomic mass is 10.1. The van der Waals surface area contributed by atoms with Crippen LogP contribution in [0.1, 0.15) is 63.8 Å². The number of ether oxygens (including phenoxy) is 1. The summed E-state index contributed by atoms with van der Waals surface area (Å²) in [5.41, 5.74) is 9.28. The molecule has 3 aromatic rings. The molecule has 1 aliphatic carbocycles. The smallest absolute Gasteiger partial charge is 0.164 e. The lowest BCUT2D eigenvalue weighted by Crippen LogP contribution is -2.31. The maximum absolute atomic E-state index is 6.10. The molecule has 2 fully saturated rings. The molecule has 27 heavy (non-hydrogen) atoms. The summed E-state index contributed by atoms with van der Waals surface area (Å²) in [5, 5.41) is 9.72. The number of hydrogen-bond acceptors (Lipinski definition) is 7. The zero-order valence-electron chi connectivity index (χ0n) is 16.7. The summed E-state index contributed by atoms with van der Waals surface area (Å²) in [5.74, 6) is 1.87. The van der Waals surface area contributed by atoms with Gasteiger partial charge in [-0.1, -0.05) is 32.9 Å². The van der Waals surface area contributed by atoms with Crippen molar-refractivity contribution >= 4 is 16.9 Å². The zero-order chi connectivity index (χ0) is 19.6. The molecule has 0 bridgehead atoms. The minimum atomic E-state index is 0.177. The molecule has 0 aromatic carbocycles. The predicted molar refractivity (Wildman–Crippen MR) is 104 cm³/mol. The number of fused-ring (bicyclic) bond motifs is 1. The normalized spacial score (nSPS) is 16.2. The van der Waals surface area contributed by atoms with Crippen LogP contribution in [-0.2, 0) is 4.74 Å². The topological polar surface area (TPSA) is 105 Å². The second-order valence-electron chi connectivity index (χ2n) is 6.24. The van der Waals surface area contributed by atoms with Crippen molar-refractivity contribution in [1.29, 1.82) is 0 Å². The molecule has 8 heteroatoms. The van der Waals surface area contributed by atoms with E-state index in [0.29, 0.717) is 30.6 Å². The Labute approximate surface area is 159 Å². The van der Waals surface area contributed by atoms with Gasteiger partial charge in [0.15, 0.2) is 5.65 Å². The number of hydrogen-bond donors (Lipinski definition) is 1. The highest BCUT2D eigenvalue weighted by atomic mass is 16.5. The monoisotopic (exact) mass is 372 g/mol. The second kappa shape index (κ2) is 8.04. The number of rotatable bonds is 3. The van der Waals surface area contributed by atoms with Crippen molar-refractivity contribution in [1.82, 2.24) is 24.9 Å². The van der Waals surface area contributed by atoms with Crippen molar-refractivity contribution in [2.24, 2.45) is 0 Å². The van der Waals surface area contributed by atoms with Gasteiger partial charge in [-0.15, -0.1) is 0 Å².